The SMILES string of the molecule is CN(C)CC(=O)N(C)CC(=O)N(C)CC(=O)NCCOCCOCCOCCOCCOCCOCCN.CN(C)CC(=O)NC(C=O)CCCN.CN(CC=O)C(=O)CN[C-]=O.[Fm]. The molecule has 0 bridgehead atoms. The first-order valence-corrected chi connectivity index (χ1v) is 20.5. The molecule has 0 aromatic carbocycles. The van der Waals surface area contributed by atoms with Crippen molar-refractivity contribution in [2.45, 2.75) is 18.9 Å². The number of nitrogens with two attached hydrogens (primary N) is 2. The average molecular weight is 1170 g/mol. The maximum Gasteiger partial charge on any atom is 0.242 e. The summed E-state index contributed by atoms with van der Waals surface area (Å²) < 4.78 is 32.2. The zero-order valence-electron chi connectivity index (χ0n) is 38.9. The van der Waals surface area contributed by atoms with Gasteiger partial charge in [0.2, 0.25) is 29.5 Å². The van der Waals surface area contributed by atoms with Crippen molar-refractivity contribution in [1.29, 1.82) is 0 Å². The Morgan fingerprint density at radius 2 is 1.03 bits per heavy atom. The van der Waals surface area contributed by atoms with Crippen LogP contribution in [0.4, 0.5) is 0 Å². The minimum absolute atomic E-state index is 0. The van der Waals surface area contributed by atoms with Gasteiger partial charge in [0.1, 0.15) is 12.6 Å². The smallest absolute Gasteiger partial charge is 0.242 e. The first-order chi connectivity index (χ1) is 30.1. The molecule has 0 saturated heterocycles. The summed E-state index contributed by atoms with van der Waals surface area (Å²) in [5.41, 5.74) is 10.6. The molecule has 0 aromatic rings. The third-order valence-corrected chi connectivity index (χ3v) is 7.52. The van der Waals surface area contributed by atoms with Gasteiger partial charge in [-0.1, -0.05) is 0 Å². The number of ether oxygens (including phenoxy) is 6. The largest absolute Gasteiger partial charge is 0.522 e. The molecule has 0 aliphatic rings. The Morgan fingerprint density at radius 1 is 0.578 bits per heavy atom. The van der Waals surface area contributed by atoms with E-state index in [1.54, 1.807) is 45.0 Å². The van der Waals surface area contributed by atoms with Crippen molar-refractivity contribution in [2.75, 3.05) is 188 Å². The van der Waals surface area contributed by atoms with Crippen LogP contribution >= 0.6 is 0 Å². The molecule has 1 atom stereocenters. The van der Waals surface area contributed by atoms with Gasteiger partial charge in [0.05, 0.1) is 125 Å². The summed E-state index contributed by atoms with van der Waals surface area (Å²) in [5, 5.41) is 7.40. The number of carbonyl (C=O) groups is 7. The topological polar surface area (TPSA) is 296 Å². The molecule has 0 rings (SSSR count). The van der Waals surface area contributed by atoms with Crippen LogP contribution in [0.3, 0.4) is 0 Å². The van der Waals surface area contributed by atoms with Crippen molar-refractivity contribution in [3.05, 3.63) is 0 Å². The van der Waals surface area contributed by atoms with Crippen LogP contribution in [0.1, 0.15) is 12.8 Å². The number of rotatable bonds is 38. The molecule has 0 radical (unpaired) electrons. The monoisotopic (exact) mass is 1170 g/mol. The Labute approximate surface area is 373 Å². The molecule has 0 fully saturated rings. The van der Waals surface area contributed by atoms with Gasteiger partial charge in [0.25, 0.3) is 0 Å². The quantitative estimate of drug-likeness (QED) is 0.0167. The standard InChI is InChI=1S/C24H49N5O9.C9H19N3O2.C6H9N2O3.Fm/c1-27(2)20-23(31)29(4)21-24(32)28(3)19-22(30)26-6-8-34-10-12-36-14-16-38-18-17-37-15-13-35-11-9-33-7-5-25;1-12(2)6-9(14)11-8(7-13)4-3-5-10;1-8(2-3-9)6(11)4-7-5-10;/h5-21,25H2,1-4H3,(H,26,30);7-8H,3-6,10H2,1-2H3,(H,11,14);3H,2,4H2,1H3,(H,7,10);/q;;-1;. The fourth-order valence-corrected chi connectivity index (χ4v) is 4.22. The predicted octanol–water partition coefficient (Wildman–Crippen LogP) is -5.09. The zero-order chi connectivity index (χ0) is 48.1. The summed E-state index contributed by atoms with van der Waals surface area (Å²) in [6.07, 6.45) is 4.08. The maximum absolute atomic E-state index is 12.2. The van der Waals surface area contributed by atoms with E-state index < -0.39 is 6.04 Å². The molecule has 24 nitrogen and oxygen atoms in total. The van der Waals surface area contributed by atoms with E-state index in [-0.39, 0.29) is 62.3 Å². The Kier molecular flexibility index (Phi) is 48.3. The number of hydrogen-bond donors (Lipinski definition) is 5. The van der Waals surface area contributed by atoms with Gasteiger partial charge < -0.3 is 94.7 Å². The van der Waals surface area contributed by atoms with E-state index >= 15 is 0 Å². The molecule has 0 aromatic heterocycles. The second-order valence-electron chi connectivity index (χ2n) is 13.9. The second kappa shape index (κ2) is 47.2. The molecule has 0 aliphatic heterocycles. The fourth-order valence-electron chi connectivity index (χ4n) is 4.22. The molecule has 0 heterocycles. The van der Waals surface area contributed by atoms with Crippen LogP contribution in [-0.2, 0) is 66.8 Å². The van der Waals surface area contributed by atoms with Crippen LogP contribution in [0.25, 0.3) is 0 Å². The summed E-state index contributed by atoms with van der Waals surface area (Å²) in [5.74, 6) is -1.24. The van der Waals surface area contributed by atoms with Gasteiger partial charge in [-0.05, 0) is 47.6 Å². The van der Waals surface area contributed by atoms with Gasteiger partial charge in [0, 0.05) is 34.2 Å². The van der Waals surface area contributed by atoms with Crippen molar-refractivity contribution >= 4 is 48.5 Å². The molecule has 0 saturated carbocycles. The van der Waals surface area contributed by atoms with Gasteiger partial charge in [-0.25, -0.2) is 0 Å². The predicted molar refractivity (Wildman–Crippen MR) is 233 cm³/mol. The molecular formula is C39H77FmN10O14-. The first-order valence-electron chi connectivity index (χ1n) is 20.5. The number of hydrogen-bond acceptors (Lipinski definition) is 18. The van der Waals surface area contributed by atoms with Crippen LogP contribution in [0, 0.1) is 0 Å². The Bertz CT molecular complexity index is 1210. The Balaban J connectivity index is -0.000000562. The van der Waals surface area contributed by atoms with Crippen molar-refractivity contribution < 1.29 is 66.8 Å². The summed E-state index contributed by atoms with van der Waals surface area (Å²) in [6.45, 7) is 7.23. The summed E-state index contributed by atoms with van der Waals surface area (Å²) in [6, 6.07) is -0.397. The van der Waals surface area contributed by atoms with Gasteiger partial charge in [-0.15, -0.1) is 0 Å². The Morgan fingerprint density at radius 3 is 1.45 bits per heavy atom. The molecular weight excluding hydrogens is 1090 g/mol. The molecule has 6 amide bonds. The summed E-state index contributed by atoms with van der Waals surface area (Å²) >= 11 is 0. The third kappa shape index (κ3) is 46.3. The van der Waals surface area contributed by atoms with E-state index in [0.29, 0.717) is 118 Å². The van der Waals surface area contributed by atoms with E-state index in [1.807, 2.05) is 0 Å². The molecule has 25 heteroatoms. The van der Waals surface area contributed by atoms with Crippen LogP contribution in [0.5, 0.6) is 0 Å². The van der Waals surface area contributed by atoms with E-state index in [1.165, 1.54) is 35.2 Å². The normalized spacial score (nSPS) is 10.8. The number of nitrogens with one attached hydrogen (secondary N) is 3. The number of likely N-dealkylation sites (N-methyl/N-ethyl adjacent to an activating group) is 5. The number of amides is 6. The third-order valence-electron chi connectivity index (χ3n) is 7.52. The van der Waals surface area contributed by atoms with Crippen molar-refractivity contribution in [2.24, 2.45) is 11.5 Å². The van der Waals surface area contributed by atoms with E-state index in [2.05, 4.69) is 16.0 Å². The minimum atomic E-state index is -0.397. The van der Waals surface area contributed by atoms with Crippen molar-refractivity contribution in [1.82, 2.24) is 40.4 Å². The fraction of sp³-hybridized carbons (Fsp3) is 0.795. The van der Waals surface area contributed by atoms with E-state index in [9.17, 15) is 38.4 Å². The zero-order valence-corrected chi connectivity index (χ0v) is 41.3. The average Bonchev–Trinajstić information content (AvgIpc) is 3.23. The van der Waals surface area contributed by atoms with Crippen LogP contribution in [-0.4, -0.2) is 267 Å². The van der Waals surface area contributed by atoms with Gasteiger partial charge in [-0.2, -0.15) is 6.41 Å². The summed E-state index contributed by atoms with van der Waals surface area (Å²) in [7, 11) is 11.7. The molecule has 380 valence electrons. The van der Waals surface area contributed by atoms with Crippen LogP contribution in [0.15, 0.2) is 0 Å². The first kappa shape index (κ1) is 65.4. The molecule has 1 unspecified atom stereocenters. The summed E-state index contributed by atoms with van der Waals surface area (Å²) in [4.78, 5) is 95.6. The van der Waals surface area contributed by atoms with Crippen LogP contribution < -0.4 is 27.4 Å². The van der Waals surface area contributed by atoms with E-state index in [0.717, 1.165) is 12.7 Å². The molecule has 0 spiro atoms. The van der Waals surface area contributed by atoms with Gasteiger partial charge in [0.15, 0.2) is 0 Å². The van der Waals surface area contributed by atoms with Crippen molar-refractivity contribution in [3.63, 3.8) is 0 Å². The van der Waals surface area contributed by atoms with Gasteiger partial charge >= 0.3 is 0 Å². The number of nitrogens with zero attached hydrogens (tertiary/aromatic N) is 5. The van der Waals surface area contributed by atoms with Crippen molar-refractivity contribution in [3.8, 4) is 0 Å². The molecule has 7 N–H and O–H groups in total. The van der Waals surface area contributed by atoms with Crippen LogP contribution in [0.2, 0.25) is 0 Å². The number of aldehydes is 2. The molecule has 0 aliphatic carbocycles. The van der Waals surface area contributed by atoms with Gasteiger partial charge in [-0.3, -0.25) is 24.0 Å². The molecule has 64 heavy (non-hydrogen) atoms. The minimum Gasteiger partial charge on any atom is -0.522 e. The second-order valence-corrected chi connectivity index (χ2v) is 13.9. The Hall–Kier alpha value is -5.24. The van der Waals surface area contributed by atoms with E-state index in [4.69, 9.17) is 39.9 Å². The maximum atomic E-state index is 12.2. The number of carbonyl (C=O) groups excluding carboxylic acids is 8.